The summed E-state index contributed by atoms with van der Waals surface area (Å²) in [6.07, 6.45) is 0.830. The van der Waals surface area contributed by atoms with Crippen LogP contribution in [0.1, 0.15) is 18.9 Å². The predicted octanol–water partition coefficient (Wildman–Crippen LogP) is 2.38. The molecule has 0 aliphatic rings. The molecule has 0 bridgehead atoms. The van der Waals surface area contributed by atoms with E-state index in [0.29, 0.717) is 18.5 Å². The second kappa shape index (κ2) is 5.62. The Kier molecular flexibility index (Phi) is 4.71. The van der Waals surface area contributed by atoms with Gasteiger partial charge in [-0.15, -0.1) is 0 Å². The Balaban J connectivity index is 2.75. The number of rotatable bonds is 5. The number of halogens is 2. The van der Waals surface area contributed by atoms with E-state index in [-0.39, 0.29) is 11.4 Å². The van der Waals surface area contributed by atoms with Crippen LogP contribution >= 0.6 is 11.6 Å². The minimum atomic E-state index is -0.922. The lowest BCUT2D eigenvalue weighted by atomic mass is 9.93. The van der Waals surface area contributed by atoms with Gasteiger partial charge in [0, 0.05) is 6.42 Å². The summed E-state index contributed by atoms with van der Waals surface area (Å²) in [6.45, 7) is 2.39. The van der Waals surface area contributed by atoms with Gasteiger partial charge < -0.3 is 10.4 Å². The molecule has 4 heteroatoms. The third kappa shape index (κ3) is 3.74. The lowest BCUT2D eigenvalue weighted by molar-refractivity contribution is 0.0512. The summed E-state index contributed by atoms with van der Waals surface area (Å²) in [7, 11) is 1.82. The highest BCUT2D eigenvalue weighted by Gasteiger charge is 2.22. The molecular weight excluding hydrogens is 229 g/mol. The number of hydrogen-bond acceptors (Lipinski definition) is 2. The molecule has 1 aromatic rings. The van der Waals surface area contributed by atoms with Crippen molar-refractivity contribution in [1.29, 1.82) is 0 Å². The van der Waals surface area contributed by atoms with Crippen LogP contribution in [0.15, 0.2) is 18.2 Å². The Morgan fingerprint density at radius 1 is 1.50 bits per heavy atom. The smallest absolute Gasteiger partial charge is 0.145 e. The van der Waals surface area contributed by atoms with Crippen molar-refractivity contribution in [3.63, 3.8) is 0 Å². The van der Waals surface area contributed by atoms with Crippen LogP contribution < -0.4 is 5.32 Å². The largest absolute Gasteiger partial charge is 0.390 e. The van der Waals surface area contributed by atoms with E-state index in [9.17, 15) is 9.50 Å². The van der Waals surface area contributed by atoms with Crippen LogP contribution in [0.4, 0.5) is 4.39 Å². The second-order valence-corrected chi connectivity index (χ2v) is 4.65. The standard InChI is InChI=1S/C12H17ClFNO/c1-12(16,6-7-15-2)8-9-4-3-5-10(13)11(9)14/h3-5,15-16H,6-8H2,1-2H3. The van der Waals surface area contributed by atoms with Crippen LogP contribution in [0.5, 0.6) is 0 Å². The molecule has 1 unspecified atom stereocenters. The summed E-state index contributed by atoms with van der Waals surface area (Å²) < 4.78 is 13.6. The average molecular weight is 246 g/mol. The topological polar surface area (TPSA) is 32.3 Å². The van der Waals surface area contributed by atoms with Gasteiger partial charge in [0.2, 0.25) is 0 Å². The maximum absolute atomic E-state index is 13.6. The molecule has 0 radical (unpaired) electrons. The third-order valence-electron chi connectivity index (χ3n) is 2.52. The molecule has 0 fully saturated rings. The summed E-state index contributed by atoms with van der Waals surface area (Å²) in [4.78, 5) is 0. The van der Waals surface area contributed by atoms with Crippen LogP contribution in [-0.4, -0.2) is 24.3 Å². The molecule has 0 aliphatic heterocycles. The van der Waals surface area contributed by atoms with E-state index in [4.69, 9.17) is 11.6 Å². The van der Waals surface area contributed by atoms with Crippen molar-refractivity contribution in [3.8, 4) is 0 Å². The fourth-order valence-electron chi connectivity index (χ4n) is 1.58. The molecule has 0 heterocycles. The first kappa shape index (κ1) is 13.4. The van der Waals surface area contributed by atoms with Gasteiger partial charge in [0.1, 0.15) is 5.82 Å². The van der Waals surface area contributed by atoms with Crippen molar-refractivity contribution >= 4 is 11.6 Å². The van der Waals surface area contributed by atoms with Crippen molar-refractivity contribution in [2.75, 3.05) is 13.6 Å². The predicted molar refractivity (Wildman–Crippen MR) is 64.3 cm³/mol. The van der Waals surface area contributed by atoms with Gasteiger partial charge in [0.05, 0.1) is 10.6 Å². The van der Waals surface area contributed by atoms with Crippen LogP contribution in [0.2, 0.25) is 5.02 Å². The highest BCUT2D eigenvalue weighted by Crippen LogP contribution is 2.23. The van der Waals surface area contributed by atoms with Crippen molar-refractivity contribution in [3.05, 3.63) is 34.6 Å². The van der Waals surface area contributed by atoms with E-state index >= 15 is 0 Å². The fraction of sp³-hybridized carbons (Fsp3) is 0.500. The maximum Gasteiger partial charge on any atom is 0.145 e. The van der Waals surface area contributed by atoms with Gasteiger partial charge in [-0.2, -0.15) is 0 Å². The van der Waals surface area contributed by atoms with Crippen molar-refractivity contribution in [1.82, 2.24) is 5.32 Å². The summed E-state index contributed by atoms with van der Waals surface area (Å²) in [6, 6.07) is 4.84. The number of hydrogen-bond donors (Lipinski definition) is 2. The lowest BCUT2D eigenvalue weighted by Crippen LogP contribution is -2.31. The Labute approximate surface area is 100 Å². The molecule has 16 heavy (non-hydrogen) atoms. The van der Waals surface area contributed by atoms with E-state index in [1.54, 1.807) is 19.1 Å². The Bertz CT molecular complexity index is 355. The van der Waals surface area contributed by atoms with E-state index in [2.05, 4.69) is 5.32 Å². The number of aliphatic hydroxyl groups is 1. The first-order valence-corrected chi connectivity index (χ1v) is 5.64. The first-order chi connectivity index (χ1) is 7.46. The molecule has 0 aromatic heterocycles. The number of benzene rings is 1. The molecule has 90 valence electrons. The molecule has 2 N–H and O–H groups in total. The van der Waals surface area contributed by atoms with Crippen LogP contribution in [0, 0.1) is 5.82 Å². The minimum absolute atomic E-state index is 0.0990. The second-order valence-electron chi connectivity index (χ2n) is 4.24. The molecular formula is C12H17ClFNO. The molecule has 0 amide bonds. The summed E-state index contributed by atoms with van der Waals surface area (Å²) in [5.74, 6) is -0.436. The van der Waals surface area contributed by atoms with Crippen LogP contribution in [0.3, 0.4) is 0 Å². The lowest BCUT2D eigenvalue weighted by Gasteiger charge is -2.23. The van der Waals surface area contributed by atoms with Gasteiger partial charge >= 0.3 is 0 Å². The van der Waals surface area contributed by atoms with Crippen molar-refractivity contribution in [2.45, 2.75) is 25.4 Å². The molecule has 0 spiro atoms. The maximum atomic E-state index is 13.6. The molecule has 1 atom stereocenters. The number of nitrogens with one attached hydrogen (secondary N) is 1. The van der Waals surface area contributed by atoms with Crippen LogP contribution in [-0.2, 0) is 6.42 Å². The molecule has 1 aromatic carbocycles. The highest BCUT2D eigenvalue weighted by molar-refractivity contribution is 6.30. The molecule has 2 nitrogen and oxygen atoms in total. The monoisotopic (exact) mass is 245 g/mol. The normalized spacial score (nSPS) is 14.8. The van der Waals surface area contributed by atoms with Crippen LogP contribution in [0.25, 0.3) is 0 Å². The van der Waals surface area contributed by atoms with Gasteiger partial charge in [0.15, 0.2) is 0 Å². The highest BCUT2D eigenvalue weighted by atomic mass is 35.5. The van der Waals surface area contributed by atoms with E-state index in [0.717, 1.165) is 0 Å². The Morgan fingerprint density at radius 3 is 2.81 bits per heavy atom. The first-order valence-electron chi connectivity index (χ1n) is 5.26. The molecule has 0 saturated heterocycles. The van der Waals surface area contributed by atoms with Gasteiger partial charge in [0.25, 0.3) is 0 Å². The minimum Gasteiger partial charge on any atom is -0.390 e. The zero-order valence-electron chi connectivity index (χ0n) is 9.56. The average Bonchev–Trinajstić information content (AvgIpc) is 2.22. The molecule has 0 saturated carbocycles. The summed E-state index contributed by atoms with van der Waals surface area (Å²) in [5, 5.41) is 13.1. The van der Waals surface area contributed by atoms with E-state index in [1.807, 2.05) is 7.05 Å². The third-order valence-corrected chi connectivity index (χ3v) is 2.81. The van der Waals surface area contributed by atoms with Gasteiger partial charge in [-0.1, -0.05) is 23.7 Å². The van der Waals surface area contributed by atoms with E-state index in [1.165, 1.54) is 6.07 Å². The quantitative estimate of drug-likeness (QED) is 0.835. The summed E-state index contributed by atoms with van der Waals surface area (Å²) >= 11 is 5.68. The van der Waals surface area contributed by atoms with E-state index < -0.39 is 11.4 Å². The summed E-state index contributed by atoms with van der Waals surface area (Å²) in [5.41, 5.74) is -0.470. The van der Waals surface area contributed by atoms with Gasteiger partial charge in [-0.25, -0.2) is 4.39 Å². The Morgan fingerprint density at radius 2 is 2.19 bits per heavy atom. The van der Waals surface area contributed by atoms with Gasteiger partial charge in [-0.3, -0.25) is 0 Å². The zero-order chi connectivity index (χ0) is 12.2. The van der Waals surface area contributed by atoms with Crippen molar-refractivity contribution in [2.24, 2.45) is 0 Å². The zero-order valence-corrected chi connectivity index (χ0v) is 10.3. The van der Waals surface area contributed by atoms with Crippen molar-refractivity contribution < 1.29 is 9.50 Å². The fourth-order valence-corrected chi connectivity index (χ4v) is 1.77. The van der Waals surface area contributed by atoms with Gasteiger partial charge in [-0.05, 0) is 38.6 Å². The Hall–Kier alpha value is -0.640. The SMILES string of the molecule is CNCCC(C)(O)Cc1cccc(Cl)c1F. The molecule has 0 aliphatic carbocycles. The molecule has 1 rings (SSSR count).